The van der Waals surface area contributed by atoms with Crippen LogP contribution < -0.4 is 10.6 Å². The van der Waals surface area contributed by atoms with E-state index in [1.807, 2.05) is 48.5 Å². The molecule has 0 fully saturated rings. The maximum absolute atomic E-state index is 13.9. The van der Waals surface area contributed by atoms with Gasteiger partial charge in [0.1, 0.15) is 5.82 Å². The van der Waals surface area contributed by atoms with Crippen LogP contribution in [0.25, 0.3) is 10.9 Å². The molecule has 1 unspecified atom stereocenters. The number of benzene rings is 2. The fourth-order valence-electron chi connectivity index (χ4n) is 4.17. The summed E-state index contributed by atoms with van der Waals surface area (Å²) in [7, 11) is 1.78. The van der Waals surface area contributed by atoms with Gasteiger partial charge in [0.25, 0.3) is 5.91 Å². The largest absolute Gasteiger partial charge is 0.358 e. The van der Waals surface area contributed by atoms with Crippen LogP contribution in [0.1, 0.15) is 23.7 Å². The van der Waals surface area contributed by atoms with Gasteiger partial charge in [0.2, 0.25) is 0 Å². The molecule has 2 heterocycles. The third-order valence-electron chi connectivity index (χ3n) is 6.29. The first-order chi connectivity index (χ1) is 17.5. The molecule has 0 saturated carbocycles. The standard InChI is InChI=1S/C29H26FN5O/c1-19-3-9-24(18-28(19)34-27-13-16-32-26-10-6-21(30)17-25(26)27)35(2)29(36)20-4-7-22(8-5-20)33-23-11-14-31-15-12-23/h4-19H,3H2,1-2H3,(H,31,33)(H,32,34). The molecule has 2 N–H and O–H groups in total. The quantitative estimate of drug-likeness (QED) is 0.330. The maximum atomic E-state index is 13.9. The van der Waals surface area contributed by atoms with Gasteiger partial charge in [0, 0.05) is 65.0 Å². The monoisotopic (exact) mass is 479 g/mol. The van der Waals surface area contributed by atoms with Crippen molar-refractivity contribution < 1.29 is 9.18 Å². The highest BCUT2D eigenvalue weighted by molar-refractivity contribution is 5.96. The lowest BCUT2D eigenvalue weighted by Gasteiger charge is -2.27. The van der Waals surface area contributed by atoms with Gasteiger partial charge >= 0.3 is 0 Å². The summed E-state index contributed by atoms with van der Waals surface area (Å²) in [5, 5.41) is 7.46. The fourth-order valence-corrected chi connectivity index (χ4v) is 4.17. The molecule has 4 aromatic rings. The van der Waals surface area contributed by atoms with Gasteiger partial charge in [0.05, 0.1) is 5.52 Å². The van der Waals surface area contributed by atoms with Crippen LogP contribution in [-0.4, -0.2) is 27.8 Å². The molecular formula is C29H26FN5O. The molecule has 2 aromatic carbocycles. The van der Waals surface area contributed by atoms with E-state index in [9.17, 15) is 9.18 Å². The first-order valence-corrected chi connectivity index (χ1v) is 11.8. The van der Waals surface area contributed by atoms with Crippen LogP contribution in [-0.2, 0) is 0 Å². The van der Waals surface area contributed by atoms with Crippen molar-refractivity contribution >= 4 is 33.9 Å². The zero-order chi connectivity index (χ0) is 25.1. The number of rotatable bonds is 6. The number of likely N-dealkylation sites (N-methyl/N-ethyl adjacent to an activating group) is 1. The Bertz CT molecular complexity index is 1460. The molecule has 180 valence electrons. The Kier molecular flexibility index (Phi) is 6.45. The third kappa shape index (κ3) is 4.95. The van der Waals surface area contributed by atoms with Gasteiger partial charge in [-0.1, -0.05) is 13.0 Å². The molecule has 1 aliphatic carbocycles. The summed E-state index contributed by atoms with van der Waals surface area (Å²) >= 11 is 0. The number of nitrogens with one attached hydrogen (secondary N) is 2. The van der Waals surface area contributed by atoms with Crippen molar-refractivity contribution in [3.63, 3.8) is 0 Å². The molecule has 6 nitrogen and oxygen atoms in total. The number of aromatic nitrogens is 2. The minimum Gasteiger partial charge on any atom is -0.358 e. The third-order valence-corrected chi connectivity index (χ3v) is 6.29. The molecule has 0 aliphatic heterocycles. The van der Waals surface area contributed by atoms with E-state index in [4.69, 9.17) is 0 Å². The first kappa shape index (κ1) is 23.2. The highest BCUT2D eigenvalue weighted by Gasteiger charge is 2.21. The van der Waals surface area contributed by atoms with E-state index in [0.717, 1.165) is 40.4 Å². The number of nitrogens with zero attached hydrogens (tertiary/aromatic N) is 3. The van der Waals surface area contributed by atoms with Crippen molar-refractivity contribution in [2.75, 3.05) is 17.7 Å². The summed E-state index contributed by atoms with van der Waals surface area (Å²) in [5.74, 6) is -0.192. The van der Waals surface area contributed by atoms with Gasteiger partial charge in [-0.05, 0) is 79.1 Å². The Morgan fingerprint density at radius 1 is 0.972 bits per heavy atom. The first-order valence-electron chi connectivity index (χ1n) is 11.8. The number of carbonyl (C=O) groups excluding carboxylic acids is 1. The van der Waals surface area contributed by atoms with Gasteiger partial charge in [-0.15, -0.1) is 0 Å². The molecule has 1 atom stereocenters. The number of halogens is 1. The SMILES string of the molecule is CC1CC=C(N(C)C(=O)c2ccc(Nc3ccncc3)cc2)C=C1Nc1ccnc2ccc(F)cc12. The summed E-state index contributed by atoms with van der Waals surface area (Å²) in [5.41, 5.74) is 5.68. The second-order valence-electron chi connectivity index (χ2n) is 8.81. The van der Waals surface area contributed by atoms with Crippen LogP contribution in [0.4, 0.5) is 21.5 Å². The predicted molar refractivity (Wildman–Crippen MR) is 141 cm³/mol. The number of allylic oxidation sites excluding steroid dienone is 3. The van der Waals surface area contributed by atoms with E-state index in [-0.39, 0.29) is 17.6 Å². The highest BCUT2D eigenvalue weighted by atomic mass is 19.1. The van der Waals surface area contributed by atoms with Crippen molar-refractivity contribution in [3.8, 4) is 0 Å². The number of hydrogen-bond donors (Lipinski definition) is 2. The van der Waals surface area contributed by atoms with E-state index >= 15 is 0 Å². The van der Waals surface area contributed by atoms with Gasteiger partial charge in [-0.3, -0.25) is 14.8 Å². The average Bonchev–Trinajstić information content (AvgIpc) is 2.90. The van der Waals surface area contributed by atoms with Crippen molar-refractivity contribution in [3.05, 3.63) is 114 Å². The summed E-state index contributed by atoms with van der Waals surface area (Å²) in [6.07, 6.45) is 9.97. The van der Waals surface area contributed by atoms with Gasteiger partial charge < -0.3 is 15.5 Å². The minimum atomic E-state index is -0.308. The Balaban J connectivity index is 1.33. The Morgan fingerprint density at radius 2 is 1.72 bits per heavy atom. The van der Waals surface area contributed by atoms with Crippen molar-refractivity contribution in [1.82, 2.24) is 14.9 Å². The van der Waals surface area contributed by atoms with Crippen LogP contribution in [0.3, 0.4) is 0 Å². The van der Waals surface area contributed by atoms with Crippen LogP contribution in [0, 0.1) is 11.7 Å². The van der Waals surface area contributed by atoms with Gasteiger partial charge in [-0.2, -0.15) is 0 Å². The number of amides is 1. The van der Waals surface area contributed by atoms with E-state index in [0.29, 0.717) is 10.9 Å². The zero-order valence-electron chi connectivity index (χ0n) is 20.1. The smallest absolute Gasteiger partial charge is 0.257 e. The fraction of sp³-hybridized carbons (Fsp3) is 0.138. The average molecular weight is 480 g/mol. The van der Waals surface area contributed by atoms with E-state index in [1.165, 1.54) is 12.1 Å². The number of hydrogen-bond acceptors (Lipinski definition) is 5. The van der Waals surface area contributed by atoms with E-state index < -0.39 is 0 Å². The normalized spacial score (nSPS) is 15.1. The molecular weight excluding hydrogens is 453 g/mol. The van der Waals surface area contributed by atoms with Gasteiger partial charge in [0.15, 0.2) is 0 Å². The second kappa shape index (κ2) is 10.00. The molecule has 1 aliphatic rings. The van der Waals surface area contributed by atoms with Crippen molar-refractivity contribution in [2.24, 2.45) is 5.92 Å². The Morgan fingerprint density at radius 3 is 2.50 bits per heavy atom. The van der Waals surface area contributed by atoms with Crippen LogP contribution in [0.15, 0.2) is 103 Å². The molecule has 0 spiro atoms. The number of fused-ring (bicyclic) bond motifs is 1. The molecule has 7 heteroatoms. The molecule has 5 rings (SSSR count). The summed E-state index contributed by atoms with van der Waals surface area (Å²) in [4.78, 5) is 23.2. The Labute approximate surface area is 209 Å². The Hall–Kier alpha value is -4.52. The minimum absolute atomic E-state index is 0.0988. The second-order valence-corrected chi connectivity index (χ2v) is 8.81. The molecule has 0 radical (unpaired) electrons. The lowest BCUT2D eigenvalue weighted by atomic mass is 9.96. The van der Waals surface area contributed by atoms with E-state index in [1.54, 1.807) is 36.6 Å². The van der Waals surface area contributed by atoms with Crippen LogP contribution >= 0.6 is 0 Å². The molecule has 1 amide bonds. The molecule has 2 aromatic heterocycles. The number of carbonyl (C=O) groups is 1. The van der Waals surface area contributed by atoms with Crippen molar-refractivity contribution in [1.29, 1.82) is 0 Å². The van der Waals surface area contributed by atoms with Gasteiger partial charge in [-0.25, -0.2) is 4.39 Å². The number of pyridine rings is 2. The van der Waals surface area contributed by atoms with Crippen LogP contribution in [0.2, 0.25) is 0 Å². The molecule has 0 saturated heterocycles. The lowest BCUT2D eigenvalue weighted by molar-refractivity contribution is 0.0839. The zero-order valence-corrected chi connectivity index (χ0v) is 20.1. The summed E-state index contributed by atoms with van der Waals surface area (Å²) in [6.45, 7) is 2.12. The molecule has 36 heavy (non-hydrogen) atoms. The van der Waals surface area contributed by atoms with Crippen molar-refractivity contribution in [2.45, 2.75) is 13.3 Å². The maximum Gasteiger partial charge on any atom is 0.257 e. The van der Waals surface area contributed by atoms with E-state index in [2.05, 4.69) is 33.6 Å². The lowest BCUT2D eigenvalue weighted by Crippen LogP contribution is -2.27. The highest BCUT2D eigenvalue weighted by Crippen LogP contribution is 2.30. The topological polar surface area (TPSA) is 70.2 Å². The number of anilines is 3. The summed E-state index contributed by atoms with van der Waals surface area (Å²) < 4.78 is 13.9. The summed E-state index contributed by atoms with van der Waals surface area (Å²) in [6, 6.07) is 17.6. The molecule has 0 bridgehead atoms. The predicted octanol–water partition coefficient (Wildman–Crippen LogP) is 6.50. The van der Waals surface area contributed by atoms with Crippen LogP contribution in [0.5, 0.6) is 0 Å².